The van der Waals surface area contributed by atoms with Gasteiger partial charge >= 0.3 is 6.03 Å². The summed E-state index contributed by atoms with van der Waals surface area (Å²) in [7, 11) is 0. The molecule has 1 atom stereocenters. The van der Waals surface area contributed by atoms with Crippen LogP contribution in [0.5, 0.6) is 0 Å². The van der Waals surface area contributed by atoms with E-state index in [1.165, 1.54) is 4.90 Å². The van der Waals surface area contributed by atoms with Gasteiger partial charge in [-0.15, -0.1) is 0 Å². The first-order valence-corrected chi connectivity index (χ1v) is 9.09. The molecule has 140 valence electrons. The lowest BCUT2D eigenvalue weighted by Gasteiger charge is -2.24. The number of quaternary nitrogens is 1. The van der Waals surface area contributed by atoms with Crippen LogP contribution in [-0.2, 0) is 15.1 Å². The van der Waals surface area contributed by atoms with E-state index in [1.807, 2.05) is 30.3 Å². The van der Waals surface area contributed by atoms with Crippen molar-refractivity contribution in [2.24, 2.45) is 0 Å². The molecule has 0 saturated carbocycles. The molecular weight excluding hydrogens is 354 g/mol. The number of nitrogens with one attached hydrogen (secondary N) is 4. The van der Waals surface area contributed by atoms with E-state index in [2.05, 4.69) is 16.1 Å². The first-order chi connectivity index (χ1) is 12.5. The fraction of sp³-hybridized carbons (Fsp3) is 0.471. The predicted octanol–water partition coefficient (Wildman–Crippen LogP) is -1.25. The van der Waals surface area contributed by atoms with Gasteiger partial charge in [-0.05, 0) is 24.7 Å². The third-order valence-electron chi connectivity index (χ3n) is 4.72. The Hall–Kier alpha value is -2.23. The summed E-state index contributed by atoms with van der Waals surface area (Å²) < 4.78 is 5.33. The van der Waals surface area contributed by atoms with Gasteiger partial charge in [-0.3, -0.25) is 10.2 Å². The summed E-state index contributed by atoms with van der Waals surface area (Å²) in [5, 5.41) is 6.96. The molecule has 2 aliphatic heterocycles. The maximum atomic E-state index is 12.8. The van der Waals surface area contributed by atoms with Crippen molar-refractivity contribution in [3.05, 3.63) is 35.9 Å². The van der Waals surface area contributed by atoms with Crippen molar-refractivity contribution in [3.63, 3.8) is 0 Å². The Bertz CT molecular complexity index is 680. The molecule has 2 saturated heterocycles. The van der Waals surface area contributed by atoms with E-state index in [4.69, 9.17) is 17.0 Å². The lowest BCUT2D eigenvalue weighted by molar-refractivity contribution is -0.906. The minimum atomic E-state index is -1.11. The van der Waals surface area contributed by atoms with Crippen LogP contribution in [0.4, 0.5) is 4.79 Å². The number of amides is 3. The maximum absolute atomic E-state index is 12.8. The summed E-state index contributed by atoms with van der Waals surface area (Å²) in [6.07, 6.45) is 0. The largest absolute Gasteiger partial charge is 0.370 e. The molecule has 0 radical (unpaired) electrons. The molecule has 1 aromatic rings. The van der Waals surface area contributed by atoms with Crippen LogP contribution < -0.4 is 21.0 Å². The molecule has 0 aromatic heterocycles. The highest BCUT2D eigenvalue weighted by Crippen LogP contribution is 2.27. The lowest BCUT2D eigenvalue weighted by Crippen LogP contribution is -3.14. The van der Waals surface area contributed by atoms with Crippen LogP contribution >= 0.6 is 12.2 Å². The van der Waals surface area contributed by atoms with Crippen molar-refractivity contribution in [2.75, 3.05) is 39.4 Å². The van der Waals surface area contributed by atoms with Crippen molar-refractivity contribution in [3.8, 4) is 0 Å². The van der Waals surface area contributed by atoms with Gasteiger partial charge in [-0.2, -0.15) is 5.01 Å². The highest BCUT2D eigenvalue weighted by atomic mass is 32.1. The van der Waals surface area contributed by atoms with Crippen LogP contribution in [0.2, 0.25) is 0 Å². The van der Waals surface area contributed by atoms with Gasteiger partial charge < -0.3 is 20.3 Å². The van der Waals surface area contributed by atoms with Crippen LogP contribution in [0.15, 0.2) is 30.3 Å². The Morgan fingerprint density at radius 1 is 1.31 bits per heavy atom. The summed E-state index contributed by atoms with van der Waals surface area (Å²) in [6, 6.07) is 8.61. The van der Waals surface area contributed by atoms with E-state index in [-0.39, 0.29) is 5.11 Å². The minimum Gasteiger partial charge on any atom is -0.370 e. The molecule has 8 nitrogen and oxygen atoms in total. The molecule has 0 bridgehead atoms. The third-order valence-corrected chi connectivity index (χ3v) is 4.95. The fourth-order valence-electron chi connectivity index (χ4n) is 3.11. The smallest absolute Gasteiger partial charge is 0.344 e. The van der Waals surface area contributed by atoms with Crippen LogP contribution in [-0.4, -0.2) is 61.5 Å². The molecule has 0 spiro atoms. The van der Waals surface area contributed by atoms with E-state index >= 15 is 0 Å². The van der Waals surface area contributed by atoms with Gasteiger partial charge in [0.05, 0.1) is 26.3 Å². The van der Waals surface area contributed by atoms with Gasteiger partial charge in [0.25, 0.3) is 5.91 Å². The lowest BCUT2D eigenvalue weighted by atomic mass is 9.92. The van der Waals surface area contributed by atoms with Crippen molar-refractivity contribution in [2.45, 2.75) is 12.5 Å². The average Bonchev–Trinajstić information content (AvgIpc) is 2.87. The zero-order valence-electron chi connectivity index (χ0n) is 14.7. The second kappa shape index (κ2) is 7.98. The topological polar surface area (TPSA) is 87.1 Å². The number of hydrogen-bond acceptors (Lipinski definition) is 4. The van der Waals surface area contributed by atoms with E-state index in [0.717, 1.165) is 43.4 Å². The summed E-state index contributed by atoms with van der Waals surface area (Å²) in [5.41, 5.74) is 2.31. The highest BCUT2D eigenvalue weighted by Gasteiger charge is 2.49. The number of urea groups is 1. The van der Waals surface area contributed by atoms with E-state index in [0.29, 0.717) is 6.54 Å². The first-order valence-electron chi connectivity index (χ1n) is 8.69. The quantitative estimate of drug-likeness (QED) is 0.378. The summed E-state index contributed by atoms with van der Waals surface area (Å²) in [5.74, 6) is -0.392. The van der Waals surface area contributed by atoms with Gasteiger partial charge in [0, 0.05) is 0 Å². The second-order valence-electron chi connectivity index (χ2n) is 6.54. The number of hydrazine groups is 1. The van der Waals surface area contributed by atoms with Crippen LogP contribution in [0.1, 0.15) is 12.5 Å². The molecule has 2 aliphatic rings. The Balaban J connectivity index is 1.53. The van der Waals surface area contributed by atoms with Crippen LogP contribution in [0.25, 0.3) is 0 Å². The molecule has 9 heteroatoms. The highest BCUT2D eigenvalue weighted by molar-refractivity contribution is 7.80. The standard InChI is InChI=1S/C17H23N5O3S/c1-17(13-5-3-2-4-6-13)14(23)22(16(24)19-17)20-15(26)18-7-8-21-9-11-25-12-10-21/h2-6H,7-12H2,1H3,(H,19,24)(H2,18,20,26)/p+1/t17-/m1/s1. The van der Waals surface area contributed by atoms with E-state index in [9.17, 15) is 9.59 Å². The number of morpholine rings is 1. The Morgan fingerprint density at radius 2 is 2.00 bits per heavy atom. The van der Waals surface area contributed by atoms with Crippen LogP contribution in [0.3, 0.4) is 0 Å². The van der Waals surface area contributed by atoms with Gasteiger partial charge in [0.2, 0.25) is 0 Å². The molecule has 3 amide bonds. The molecule has 3 rings (SSSR count). The predicted molar refractivity (Wildman–Crippen MR) is 99.3 cm³/mol. The molecular formula is C17H24N5O3S+. The zero-order valence-corrected chi connectivity index (χ0v) is 15.5. The van der Waals surface area contributed by atoms with Crippen molar-refractivity contribution in [1.82, 2.24) is 21.1 Å². The monoisotopic (exact) mass is 378 g/mol. The number of thiocarbonyl (C=S) groups is 1. The summed E-state index contributed by atoms with van der Waals surface area (Å²) in [6.45, 7) is 6.74. The SMILES string of the molecule is C[C@]1(c2ccccc2)NC(=O)N(NC(=S)NCC[NH+]2CCOCC2)C1=O. The number of nitrogens with zero attached hydrogens (tertiary/aromatic N) is 1. The number of rotatable bonds is 5. The molecule has 1 aromatic carbocycles. The van der Waals surface area contributed by atoms with E-state index in [1.54, 1.807) is 6.92 Å². The first kappa shape index (κ1) is 18.6. The second-order valence-corrected chi connectivity index (χ2v) is 6.95. The average molecular weight is 378 g/mol. The number of benzene rings is 1. The van der Waals surface area contributed by atoms with Gasteiger partial charge in [0.1, 0.15) is 18.6 Å². The van der Waals surface area contributed by atoms with Gasteiger partial charge in [-0.25, -0.2) is 4.79 Å². The van der Waals surface area contributed by atoms with Gasteiger partial charge in [0.15, 0.2) is 5.11 Å². The van der Waals surface area contributed by atoms with Gasteiger partial charge in [-0.1, -0.05) is 30.3 Å². The van der Waals surface area contributed by atoms with Crippen molar-refractivity contribution in [1.29, 1.82) is 0 Å². The maximum Gasteiger partial charge on any atom is 0.344 e. The Morgan fingerprint density at radius 3 is 2.69 bits per heavy atom. The van der Waals surface area contributed by atoms with Crippen molar-refractivity contribution >= 4 is 29.3 Å². The minimum absolute atomic E-state index is 0.249. The summed E-state index contributed by atoms with van der Waals surface area (Å²) in [4.78, 5) is 26.5. The number of hydrogen-bond donors (Lipinski definition) is 4. The number of ether oxygens (including phenoxy) is 1. The molecule has 0 unspecified atom stereocenters. The normalized spacial score (nSPS) is 23.7. The number of imide groups is 1. The fourth-order valence-corrected chi connectivity index (χ4v) is 3.31. The molecule has 0 aliphatic carbocycles. The molecule has 2 heterocycles. The Labute approximate surface area is 157 Å². The summed E-state index contributed by atoms with van der Waals surface area (Å²) >= 11 is 5.23. The molecule has 26 heavy (non-hydrogen) atoms. The zero-order chi connectivity index (χ0) is 18.6. The molecule has 4 N–H and O–H groups in total. The van der Waals surface area contributed by atoms with Crippen molar-refractivity contribution < 1.29 is 19.2 Å². The number of carbonyl (C=O) groups excluding carboxylic acids is 2. The molecule has 2 fully saturated rings. The van der Waals surface area contributed by atoms with Crippen LogP contribution in [0, 0.1) is 0 Å². The number of carbonyl (C=O) groups is 2. The Kier molecular flexibility index (Phi) is 5.70. The third kappa shape index (κ3) is 3.95. The van der Waals surface area contributed by atoms with E-state index < -0.39 is 17.5 Å².